The van der Waals surface area contributed by atoms with Gasteiger partial charge in [0.2, 0.25) is 70.9 Å². The van der Waals surface area contributed by atoms with Crippen molar-refractivity contribution in [2.45, 2.75) is 109 Å². The lowest BCUT2D eigenvalue weighted by Gasteiger charge is -2.23. The summed E-state index contributed by atoms with van der Waals surface area (Å²) < 4.78 is 0. The van der Waals surface area contributed by atoms with Crippen molar-refractivity contribution < 1.29 is 82.4 Å². The molecule has 0 aromatic heterocycles. The maximum Gasteiger partial charge on any atom is 0.303 e. The Labute approximate surface area is 412 Å². The third-order valence-electron chi connectivity index (χ3n) is 9.72. The van der Waals surface area contributed by atoms with Gasteiger partial charge in [-0.1, -0.05) is 26.0 Å². The number of amides is 12. The van der Waals surface area contributed by atoms with Gasteiger partial charge in [-0.05, 0) is 56.7 Å². The van der Waals surface area contributed by atoms with Gasteiger partial charge >= 0.3 is 11.9 Å². The molecule has 0 heterocycles. The highest BCUT2D eigenvalue weighted by atomic mass is 16.4. The quantitative estimate of drug-likeness (QED) is 0.0319. The van der Waals surface area contributed by atoms with E-state index in [9.17, 15) is 72.2 Å². The van der Waals surface area contributed by atoms with Gasteiger partial charge in [0.1, 0.15) is 42.0 Å². The van der Waals surface area contributed by atoms with Crippen LogP contribution in [0.1, 0.15) is 72.3 Å². The van der Waals surface area contributed by atoms with E-state index >= 15 is 0 Å². The molecule has 0 saturated carbocycles. The molecule has 0 aliphatic rings. The van der Waals surface area contributed by atoms with Crippen molar-refractivity contribution in [1.82, 2.24) is 58.5 Å². The van der Waals surface area contributed by atoms with Gasteiger partial charge in [-0.25, -0.2) is 0 Å². The molecular weight excluding hydrogens is 957 g/mol. The Morgan fingerprint density at radius 3 is 1.32 bits per heavy atom. The van der Waals surface area contributed by atoms with Crippen molar-refractivity contribution in [2.24, 2.45) is 11.7 Å². The van der Waals surface area contributed by atoms with Crippen LogP contribution in [0.2, 0.25) is 0 Å². The Kier molecular flexibility index (Phi) is 27.1. The van der Waals surface area contributed by atoms with Gasteiger partial charge in [0.05, 0.1) is 32.7 Å². The van der Waals surface area contributed by atoms with E-state index in [1.807, 2.05) is 0 Å². The lowest BCUT2D eigenvalue weighted by molar-refractivity contribution is -0.139. The summed E-state index contributed by atoms with van der Waals surface area (Å²) in [4.78, 5) is 172. The number of carbonyl (C=O) groups excluding carboxylic acids is 12. The number of carboxylic acid groups (broad SMARTS) is 2. The van der Waals surface area contributed by atoms with E-state index in [-0.39, 0.29) is 37.4 Å². The molecule has 0 aliphatic carbocycles. The lowest BCUT2D eigenvalue weighted by atomic mass is 10.0. The fourth-order valence-electron chi connectivity index (χ4n) is 6.04. The van der Waals surface area contributed by atoms with Crippen molar-refractivity contribution in [1.29, 1.82) is 0 Å². The molecule has 29 heteroatoms. The first-order valence-corrected chi connectivity index (χ1v) is 22.3. The van der Waals surface area contributed by atoms with E-state index in [1.54, 1.807) is 13.8 Å². The number of rotatable bonds is 32. The molecule has 1 aromatic carbocycles. The molecule has 0 spiro atoms. The van der Waals surface area contributed by atoms with Crippen LogP contribution in [0.25, 0.3) is 0 Å². The standard InChI is InChI=1S/C43H64N12O17/c1-21(2)14-29(43(72)54-27(38(44)67)10-12-36(63)64)53-35(62)19-46-32(59)17-48-39(68)22(3)50-33(60)18-45-31(58)16-47-40(69)23(4)51-34(61)20-49-41(70)30(15-25-6-8-26(57)9-7-25)55-42(71)28(52-24(5)56)11-13-37(65)66/h6-9,21-23,27-30,57H,10-20H2,1-5H3,(H2,44,67)(H,45,58)(H,46,59)(H,47,69)(H,48,68)(H,49,70)(H,50,60)(H,51,61)(H,52,56)(H,53,62)(H,54,72)(H,55,71)(H,63,64)(H,65,66)/t22-,23-,27-,28-,29-,30-/m0/s1. The predicted octanol–water partition coefficient (Wildman–Crippen LogP) is -6.25. The van der Waals surface area contributed by atoms with Gasteiger partial charge in [0.15, 0.2) is 0 Å². The minimum absolute atomic E-state index is 0.0800. The SMILES string of the molecule is CC(=O)N[C@@H](CCC(=O)O)C(=O)N[C@@H](Cc1ccc(O)cc1)C(=O)NCC(=O)N[C@@H](C)C(=O)NCC(=O)NCC(=O)N[C@@H](C)C(=O)NCC(=O)NCC(=O)N[C@@H](CC(C)C)C(=O)N[C@@H](CCC(=O)O)C(N)=O. The van der Waals surface area contributed by atoms with Crippen LogP contribution >= 0.6 is 0 Å². The molecule has 29 nitrogen and oxygen atoms in total. The van der Waals surface area contributed by atoms with Crippen molar-refractivity contribution >= 4 is 82.8 Å². The van der Waals surface area contributed by atoms with E-state index in [2.05, 4.69) is 58.5 Å². The largest absolute Gasteiger partial charge is 0.508 e. The Balaban J connectivity index is 2.57. The first-order valence-electron chi connectivity index (χ1n) is 22.3. The van der Waals surface area contributed by atoms with Crippen LogP contribution in [0.3, 0.4) is 0 Å². The van der Waals surface area contributed by atoms with Crippen LogP contribution in [0.15, 0.2) is 24.3 Å². The molecule has 16 N–H and O–H groups in total. The zero-order valence-corrected chi connectivity index (χ0v) is 40.3. The van der Waals surface area contributed by atoms with Gasteiger partial charge < -0.3 is 79.5 Å². The number of carbonyl (C=O) groups is 14. The molecule has 0 fully saturated rings. The zero-order valence-electron chi connectivity index (χ0n) is 40.3. The van der Waals surface area contributed by atoms with Gasteiger partial charge in [-0.15, -0.1) is 0 Å². The average molecular weight is 1020 g/mol. The molecule has 0 unspecified atom stereocenters. The van der Waals surface area contributed by atoms with E-state index in [1.165, 1.54) is 38.1 Å². The van der Waals surface area contributed by atoms with Crippen LogP contribution in [-0.4, -0.2) is 167 Å². The minimum Gasteiger partial charge on any atom is -0.508 e. The Bertz CT molecular complexity index is 2150. The Morgan fingerprint density at radius 1 is 0.472 bits per heavy atom. The van der Waals surface area contributed by atoms with Crippen molar-refractivity contribution in [3.8, 4) is 5.75 Å². The number of nitrogens with one attached hydrogen (secondary N) is 11. The number of benzene rings is 1. The first kappa shape index (κ1) is 61.6. The number of carboxylic acids is 2. The zero-order chi connectivity index (χ0) is 54.7. The van der Waals surface area contributed by atoms with Crippen LogP contribution in [0.4, 0.5) is 0 Å². The molecule has 1 aromatic rings. The summed E-state index contributed by atoms with van der Waals surface area (Å²) in [6, 6.07) is -2.06. The summed E-state index contributed by atoms with van der Waals surface area (Å²) in [6.07, 6.45) is -1.57. The summed E-state index contributed by atoms with van der Waals surface area (Å²) >= 11 is 0. The lowest BCUT2D eigenvalue weighted by Crippen LogP contribution is -2.55. The summed E-state index contributed by atoms with van der Waals surface area (Å²) in [5.41, 5.74) is 5.73. The average Bonchev–Trinajstić information content (AvgIpc) is 3.29. The van der Waals surface area contributed by atoms with Crippen molar-refractivity contribution in [2.75, 3.05) is 32.7 Å². The maximum absolute atomic E-state index is 13.2. The third kappa shape index (κ3) is 26.4. The third-order valence-corrected chi connectivity index (χ3v) is 9.72. The molecular formula is C43H64N12O17. The number of aromatic hydroxyl groups is 1. The summed E-state index contributed by atoms with van der Waals surface area (Å²) in [5, 5.41) is 52.9. The molecule has 1 rings (SSSR count). The Hall–Kier alpha value is -8.40. The Morgan fingerprint density at radius 2 is 0.875 bits per heavy atom. The maximum atomic E-state index is 13.2. The van der Waals surface area contributed by atoms with Crippen molar-refractivity contribution in [3.63, 3.8) is 0 Å². The fraction of sp³-hybridized carbons (Fsp3) is 0.535. The van der Waals surface area contributed by atoms with Crippen LogP contribution < -0.4 is 64.2 Å². The second-order valence-corrected chi connectivity index (χ2v) is 16.5. The molecule has 12 amide bonds. The summed E-state index contributed by atoms with van der Waals surface area (Å²) in [6.45, 7) is 3.85. The number of phenols is 1. The van der Waals surface area contributed by atoms with E-state index in [0.717, 1.165) is 6.92 Å². The molecule has 0 saturated heterocycles. The van der Waals surface area contributed by atoms with Crippen LogP contribution in [0, 0.1) is 5.92 Å². The molecule has 0 bridgehead atoms. The van der Waals surface area contributed by atoms with Gasteiger partial charge in [-0.3, -0.25) is 67.1 Å². The molecule has 0 aliphatic heterocycles. The van der Waals surface area contributed by atoms with Crippen molar-refractivity contribution in [3.05, 3.63) is 29.8 Å². The minimum atomic E-state index is -1.36. The van der Waals surface area contributed by atoms with Crippen LogP contribution in [0.5, 0.6) is 5.75 Å². The number of hydrogen-bond acceptors (Lipinski definition) is 15. The van der Waals surface area contributed by atoms with Gasteiger partial charge in [0, 0.05) is 26.2 Å². The van der Waals surface area contributed by atoms with E-state index < -0.39 is 165 Å². The molecule has 6 atom stereocenters. The van der Waals surface area contributed by atoms with E-state index in [4.69, 9.17) is 15.9 Å². The second-order valence-electron chi connectivity index (χ2n) is 16.5. The second kappa shape index (κ2) is 31.7. The number of primary amides is 1. The first-order chi connectivity index (χ1) is 33.7. The smallest absolute Gasteiger partial charge is 0.303 e. The van der Waals surface area contributed by atoms with E-state index in [0.29, 0.717) is 5.56 Å². The number of phenolic OH excluding ortho intramolecular Hbond substituents is 1. The number of nitrogens with two attached hydrogens (primary N) is 1. The van der Waals surface area contributed by atoms with Gasteiger partial charge in [-0.2, -0.15) is 0 Å². The number of hydrogen-bond donors (Lipinski definition) is 15. The summed E-state index contributed by atoms with van der Waals surface area (Å²) in [7, 11) is 0. The molecule has 72 heavy (non-hydrogen) atoms. The fourth-order valence-corrected chi connectivity index (χ4v) is 6.04. The monoisotopic (exact) mass is 1020 g/mol. The molecule has 0 radical (unpaired) electrons. The van der Waals surface area contributed by atoms with Gasteiger partial charge in [0.25, 0.3) is 0 Å². The highest BCUT2D eigenvalue weighted by Crippen LogP contribution is 2.12. The topological polar surface area (TPSA) is 458 Å². The van der Waals surface area contributed by atoms with Crippen LogP contribution in [-0.2, 0) is 73.5 Å². The molecule has 398 valence electrons. The highest BCUT2D eigenvalue weighted by molar-refractivity contribution is 5.97. The normalized spacial score (nSPS) is 13.1. The number of aliphatic carboxylic acids is 2. The summed E-state index contributed by atoms with van der Waals surface area (Å²) in [5.74, 6) is -12.7. The highest BCUT2D eigenvalue weighted by Gasteiger charge is 2.29. The predicted molar refractivity (Wildman–Crippen MR) is 248 cm³/mol.